The molecule has 0 aliphatic carbocycles. The molecule has 0 amide bonds. The van der Waals surface area contributed by atoms with E-state index < -0.39 is 0 Å². The summed E-state index contributed by atoms with van der Waals surface area (Å²) in [5.74, 6) is 0.890. The lowest BCUT2D eigenvalue weighted by Gasteiger charge is -2.12. The van der Waals surface area contributed by atoms with Gasteiger partial charge in [-0.25, -0.2) is 0 Å². The topological polar surface area (TPSA) is 47.3 Å². The highest BCUT2D eigenvalue weighted by atomic mass is 16.5. The Morgan fingerprint density at radius 2 is 1.54 bits per heavy atom. The van der Waals surface area contributed by atoms with E-state index in [1.165, 1.54) is 16.3 Å². The number of nitrogens with one attached hydrogen (secondary N) is 1. The van der Waals surface area contributed by atoms with Crippen LogP contribution in [0.2, 0.25) is 0 Å². The largest absolute Gasteiger partial charge is 0.491 e. The highest BCUT2D eigenvalue weighted by Crippen LogP contribution is 2.25. The first-order chi connectivity index (χ1) is 11.6. The molecule has 3 rings (SSSR count). The van der Waals surface area contributed by atoms with Crippen molar-refractivity contribution < 1.29 is 4.74 Å². The third kappa shape index (κ3) is 4.06. The van der Waals surface area contributed by atoms with Gasteiger partial charge in [0.05, 0.1) is 6.10 Å². The maximum absolute atomic E-state index is 5.67. The number of rotatable bonds is 6. The van der Waals surface area contributed by atoms with Crippen LogP contribution in [0.3, 0.4) is 0 Å². The molecule has 0 atom stereocenters. The second-order valence-electron chi connectivity index (χ2n) is 6.25. The molecule has 3 aromatic rings. The molecule has 0 fully saturated rings. The summed E-state index contributed by atoms with van der Waals surface area (Å²) in [4.78, 5) is 0. The first-order valence-corrected chi connectivity index (χ1v) is 8.40. The number of nitrogens with two attached hydrogens (primary N) is 1. The molecule has 3 aromatic carbocycles. The van der Waals surface area contributed by atoms with Gasteiger partial charge in [0.1, 0.15) is 5.75 Å². The van der Waals surface area contributed by atoms with Gasteiger partial charge in [0.2, 0.25) is 0 Å². The first kappa shape index (κ1) is 16.3. The molecule has 0 saturated carbocycles. The zero-order valence-corrected chi connectivity index (χ0v) is 14.3. The lowest BCUT2D eigenvalue weighted by Crippen LogP contribution is -2.05. The summed E-state index contributed by atoms with van der Waals surface area (Å²) >= 11 is 0. The number of fused-ring (bicyclic) bond motifs is 1. The van der Waals surface area contributed by atoms with Crippen molar-refractivity contribution in [3.8, 4) is 5.75 Å². The molecule has 3 N–H and O–H groups in total. The number of anilines is 2. The van der Waals surface area contributed by atoms with Crippen LogP contribution >= 0.6 is 0 Å². The minimum Gasteiger partial charge on any atom is -0.491 e. The van der Waals surface area contributed by atoms with Gasteiger partial charge in [0.15, 0.2) is 0 Å². The SMILES string of the molecule is CC(C)Oc1ccc(Nc2ccc3cc(CCN)ccc3c2)cc1. The van der Waals surface area contributed by atoms with Gasteiger partial charge in [0, 0.05) is 11.4 Å². The molecule has 0 unspecified atom stereocenters. The van der Waals surface area contributed by atoms with E-state index in [1.54, 1.807) is 0 Å². The van der Waals surface area contributed by atoms with E-state index >= 15 is 0 Å². The fourth-order valence-corrected chi connectivity index (χ4v) is 2.75. The third-order valence-electron chi connectivity index (χ3n) is 3.85. The minimum absolute atomic E-state index is 0.188. The van der Waals surface area contributed by atoms with Gasteiger partial charge in [-0.05, 0) is 79.5 Å². The van der Waals surface area contributed by atoms with E-state index in [1.807, 2.05) is 38.1 Å². The summed E-state index contributed by atoms with van der Waals surface area (Å²) in [5, 5.41) is 5.91. The predicted molar refractivity (Wildman–Crippen MR) is 102 cm³/mol. The molecule has 3 nitrogen and oxygen atoms in total. The maximum atomic E-state index is 5.67. The Morgan fingerprint density at radius 3 is 2.25 bits per heavy atom. The predicted octanol–water partition coefficient (Wildman–Crippen LogP) is 4.87. The molecule has 3 heteroatoms. The Kier molecular flexibility index (Phi) is 5.02. The smallest absolute Gasteiger partial charge is 0.119 e. The quantitative estimate of drug-likeness (QED) is 0.681. The lowest BCUT2D eigenvalue weighted by molar-refractivity contribution is 0.242. The molecule has 24 heavy (non-hydrogen) atoms. The van der Waals surface area contributed by atoms with Gasteiger partial charge >= 0.3 is 0 Å². The summed E-state index contributed by atoms with van der Waals surface area (Å²) in [7, 11) is 0. The van der Waals surface area contributed by atoms with Crippen LogP contribution in [0.4, 0.5) is 11.4 Å². The van der Waals surface area contributed by atoms with Crippen molar-refractivity contribution >= 4 is 22.1 Å². The first-order valence-electron chi connectivity index (χ1n) is 8.40. The van der Waals surface area contributed by atoms with E-state index in [-0.39, 0.29) is 6.10 Å². The Morgan fingerprint density at radius 1 is 0.875 bits per heavy atom. The average molecular weight is 320 g/mol. The van der Waals surface area contributed by atoms with Crippen molar-refractivity contribution in [3.63, 3.8) is 0 Å². The Bertz CT molecular complexity index is 810. The summed E-state index contributed by atoms with van der Waals surface area (Å²) in [5.41, 5.74) is 9.04. The summed E-state index contributed by atoms with van der Waals surface area (Å²) in [6.07, 6.45) is 1.11. The Balaban J connectivity index is 1.76. The van der Waals surface area contributed by atoms with Gasteiger partial charge < -0.3 is 15.8 Å². The van der Waals surface area contributed by atoms with Gasteiger partial charge in [-0.3, -0.25) is 0 Å². The molecule has 0 aliphatic heterocycles. The molecule has 0 radical (unpaired) electrons. The van der Waals surface area contributed by atoms with E-state index in [4.69, 9.17) is 10.5 Å². The van der Waals surface area contributed by atoms with Crippen LogP contribution in [0.1, 0.15) is 19.4 Å². The highest BCUT2D eigenvalue weighted by Gasteiger charge is 2.01. The lowest BCUT2D eigenvalue weighted by atomic mass is 10.0. The van der Waals surface area contributed by atoms with E-state index in [0.717, 1.165) is 23.5 Å². The van der Waals surface area contributed by atoms with Crippen LogP contribution in [0, 0.1) is 0 Å². The molecule has 0 heterocycles. The zero-order valence-electron chi connectivity index (χ0n) is 14.3. The number of ether oxygens (including phenoxy) is 1. The number of benzene rings is 3. The van der Waals surface area contributed by atoms with Crippen molar-refractivity contribution in [1.29, 1.82) is 0 Å². The van der Waals surface area contributed by atoms with Crippen LogP contribution in [-0.4, -0.2) is 12.6 Å². The zero-order chi connectivity index (χ0) is 16.9. The van der Waals surface area contributed by atoms with Crippen molar-refractivity contribution in [2.24, 2.45) is 5.73 Å². The molecular formula is C21H24N2O. The second-order valence-corrected chi connectivity index (χ2v) is 6.25. The van der Waals surface area contributed by atoms with Crippen LogP contribution in [0.15, 0.2) is 60.7 Å². The van der Waals surface area contributed by atoms with Crippen molar-refractivity contribution in [2.45, 2.75) is 26.4 Å². The number of hydrogen-bond acceptors (Lipinski definition) is 3. The maximum Gasteiger partial charge on any atom is 0.119 e. The van der Waals surface area contributed by atoms with Crippen LogP contribution < -0.4 is 15.8 Å². The second kappa shape index (κ2) is 7.37. The van der Waals surface area contributed by atoms with Crippen LogP contribution in [0.5, 0.6) is 5.75 Å². The van der Waals surface area contributed by atoms with Gasteiger partial charge in [0.25, 0.3) is 0 Å². The fraction of sp³-hybridized carbons (Fsp3) is 0.238. The molecule has 0 aliphatic rings. The fourth-order valence-electron chi connectivity index (χ4n) is 2.75. The van der Waals surface area contributed by atoms with E-state index in [0.29, 0.717) is 6.54 Å². The Labute approximate surface area is 143 Å². The Hall–Kier alpha value is -2.52. The van der Waals surface area contributed by atoms with Gasteiger partial charge in [-0.15, -0.1) is 0 Å². The van der Waals surface area contributed by atoms with Gasteiger partial charge in [-0.2, -0.15) is 0 Å². The van der Waals surface area contributed by atoms with E-state index in [2.05, 4.69) is 41.7 Å². The standard InChI is InChI=1S/C21H24N2O/c1-15(2)24-21-9-7-19(8-10-21)23-20-6-5-17-13-16(11-12-22)3-4-18(17)14-20/h3-10,13-15,23H,11-12,22H2,1-2H3. The minimum atomic E-state index is 0.188. The summed E-state index contributed by atoms with van der Waals surface area (Å²) < 4.78 is 5.67. The van der Waals surface area contributed by atoms with Crippen molar-refractivity contribution in [3.05, 3.63) is 66.2 Å². The molecule has 0 saturated heterocycles. The summed E-state index contributed by atoms with van der Waals surface area (Å²) in [6, 6.07) is 21.0. The highest BCUT2D eigenvalue weighted by molar-refractivity contribution is 5.87. The van der Waals surface area contributed by atoms with Crippen LogP contribution in [-0.2, 0) is 6.42 Å². The van der Waals surface area contributed by atoms with Gasteiger partial charge in [-0.1, -0.05) is 24.3 Å². The number of hydrogen-bond donors (Lipinski definition) is 2. The molecule has 0 spiro atoms. The summed E-state index contributed by atoms with van der Waals surface area (Å²) in [6.45, 7) is 4.74. The van der Waals surface area contributed by atoms with E-state index in [9.17, 15) is 0 Å². The van der Waals surface area contributed by atoms with Crippen LogP contribution in [0.25, 0.3) is 10.8 Å². The molecular weight excluding hydrogens is 296 g/mol. The monoisotopic (exact) mass is 320 g/mol. The molecule has 0 bridgehead atoms. The third-order valence-corrected chi connectivity index (χ3v) is 3.85. The van der Waals surface area contributed by atoms with Crippen molar-refractivity contribution in [1.82, 2.24) is 0 Å². The molecule has 0 aromatic heterocycles. The molecule has 124 valence electrons. The van der Waals surface area contributed by atoms with Crippen molar-refractivity contribution in [2.75, 3.05) is 11.9 Å². The normalized spacial score (nSPS) is 11.0. The average Bonchev–Trinajstić information content (AvgIpc) is 2.57.